The van der Waals surface area contributed by atoms with Gasteiger partial charge in [-0.1, -0.05) is 65.7 Å². The Bertz CT molecular complexity index is 1000. The molecule has 2 N–H and O–H groups in total. The number of benzene rings is 3. The molecule has 144 valence electrons. The van der Waals surface area contributed by atoms with Crippen molar-refractivity contribution in [1.82, 2.24) is 0 Å². The van der Waals surface area contributed by atoms with Crippen molar-refractivity contribution < 1.29 is 14.6 Å². The van der Waals surface area contributed by atoms with Gasteiger partial charge in [0.1, 0.15) is 17.4 Å². The molecule has 0 aliphatic heterocycles. The molecule has 0 aliphatic carbocycles. The average Bonchev–Trinajstić information content (AvgIpc) is 2.66. The lowest BCUT2D eigenvalue weighted by molar-refractivity contribution is -0.136. The number of anilines is 2. The number of aryl methyl sites for hydroxylation is 1. The van der Waals surface area contributed by atoms with Gasteiger partial charge >= 0.3 is 5.97 Å². The Morgan fingerprint density at radius 1 is 1.00 bits per heavy atom. The molecule has 0 heterocycles. The molecule has 3 rings (SSSR count). The Kier molecular flexibility index (Phi) is 6.45. The van der Waals surface area contributed by atoms with E-state index in [0.29, 0.717) is 39.3 Å². The summed E-state index contributed by atoms with van der Waals surface area (Å²) in [6, 6.07) is 18.5. The summed E-state index contributed by atoms with van der Waals surface area (Å²) in [5.74, 6) is -0.422. The van der Waals surface area contributed by atoms with Gasteiger partial charge in [-0.2, -0.15) is 0 Å². The molecule has 3 aromatic carbocycles. The van der Waals surface area contributed by atoms with Crippen molar-refractivity contribution in [3.8, 4) is 5.75 Å². The highest BCUT2D eigenvalue weighted by Gasteiger charge is 2.15. The minimum Gasteiger partial charge on any atom is -0.487 e. The van der Waals surface area contributed by atoms with Crippen LogP contribution in [0, 0.1) is 6.92 Å². The molecule has 0 fully saturated rings. The highest BCUT2D eigenvalue weighted by atomic mass is 35.5. The van der Waals surface area contributed by atoms with E-state index in [0.717, 1.165) is 11.1 Å². The number of nitrogens with one attached hydrogen (secondary N) is 1. The topological polar surface area (TPSA) is 58.6 Å². The zero-order valence-electron chi connectivity index (χ0n) is 15.2. The van der Waals surface area contributed by atoms with E-state index >= 15 is 0 Å². The lowest BCUT2D eigenvalue weighted by atomic mass is 10.1. The fraction of sp³-hybridized carbons (Fsp3) is 0.136. The quantitative estimate of drug-likeness (QED) is 0.478. The van der Waals surface area contributed by atoms with Gasteiger partial charge in [-0.15, -0.1) is 0 Å². The Hall–Kier alpha value is -2.69. The molecule has 6 heteroatoms. The van der Waals surface area contributed by atoms with Crippen LogP contribution in [0.15, 0.2) is 60.7 Å². The summed E-state index contributed by atoms with van der Waals surface area (Å²) in [6.07, 6.45) is -0.109. The summed E-state index contributed by atoms with van der Waals surface area (Å²) in [6.45, 7) is 2.40. The molecule has 0 bridgehead atoms. The Morgan fingerprint density at radius 2 is 1.68 bits per heavy atom. The molecule has 0 saturated carbocycles. The second-order valence-corrected chi connectivity index (χ2v) is 7.09. The second kappa shape index (κ2) is 9.00. The summed E-state index contributed by atoms with van der Waals surface area (Å²) >= 11 is 12.9. The molecule has 4 nitrogen and oxygen atoms in total. The van der Waals surface area contributed by atoms with Crippen LogP contribution >= 0.6 is 23.2 Å². The summed E-state index contributed by atoms with van der Waals surface area (Å²) in [4.78, 5) is 11.1. The maximum atomic E-state index is 11.1. The smallest absolute Gasteiger partial charge is 0.307 e. The Morgan fingerprint density at radius 3 is 2.39 bits per heavy atom. The van der Waals surface area contributed by atoms with Crippen LogP contribution in [0.3, 0.4) is 0 Å². The highest BCUT2D eigenvalue weighted by Crippen LogP contribution is 2.40. The maximum absolute atomic E-state index is 11.1. The third-order valence-corrected chi connectivity index (χ3v) is 5.01. The number of hydrogen-bond donors (Lipinski definition) is 2. The third kappa shape index (κ3) is 4.77. The van der Waals surface area contributed by atoms with Crippen molar-refractivity contribution in [2.75, 3.05) is 5.32 Å². The van der Waals surface area contributed by atoms with Crippen LogP contribution in [-0.2, 0) is 17.8 Å². The molecule has 3 aromatic rings. The van der Waals surface area contributed by atoms with Crippen LogP contribution in [-0.4, -0.2) is 11.1 Å². The fourth-order valence-corrected chi connectivity index (χ4v) is 3.30. The molecule has 0 aliphatic rings. The SMILES string of the molecule is Cc1ccccc1COc1ccc(Cl)c(Nc2ccccc2CC(=O)O)c1Cl. The fourth-order valence-electron chi connectivity index (χ4n) is 2.78. The van der Waals surface area contributed by atoms with Gasteiger partial charge in [0.05, 0.1) is 17.1 Å². The number of ether oxygens (including phenoxy) is 1. The first-order valence-electron chi connectivity index (χ1n) is 8.67. The number of halogens is 2. The summed E-state index contributed by atoms with van der Waals surface area (Å²) < 4.78 is 5.91. The van der Waals surface area contributed by atoms with Gasteiger partial charge in [-0.05, 0) is 41.8 Å². The lowest BCUT2D eigenvalue weighted by Gasteiger charge is -2.17. The normalized spacial score (nSPS) is 10.5. The van der Waals surface area contributed by atoms with Gasteiger partial charge in [-0.25, -0.2) is 0 Å². The van der Waals surface area contributed by atoms with Crippen molar-refractivity contribution in [2.24, 2.45) is 0 Å². The zero-order valence-corrected chi connectivity index (χ0v) is 16.7. The van der Waals surface area contributed by atoms with E-state index in [9.17, 15) is 4.79 Å². The van der Waals surface area contributed by atoms with Crippen LogP contribution in [0.1, 0.15) is 16.7 Å². The third-order valence-electron chi connectivity index (χ3n) is 4.32. The first-order valence-corrected chi connectivity index (χ1v) is 9.43. The first kappa shape index (κ1) is 20.1. The number of aliphatic carboxylic acids is 1. The maximum Gasteiger partial charge on any atom is 0.307 e. The predicted molar refractivity (Wildman–Crippen MR) is 113 cm³/mol. The molecule has 0 amide bonds. The van der Waals surface area contributed by atoms with Gasteiger partial charge in [-0.3, -0.25) is 4.79 Å². The van der Waals surface area contributed by atoms with Crippen molar-refractivity contribution in [2.45, 2.75) is 20.0 Å². The minimum absolute atomic E-state index is 0.109. The van der Waals surface area contributed by atoms with Crippen LogP contribution in [0.2, 0.25) is 10.0 Å². The number of carbonyl (C=O) groups is 1. The Balaban J connectivity index is 1.86. The van der Waals surface area contributed by atoms with E-state index in [1.807, 2.05) is 37.3 Å². The number of rotatable bonds is 7. The predicted octanol–water partition coefficient (Wildman–Crippen LogP) is 6.25. The number of para-hydroxylation sites is 1. The monoisotopic (exact) mass is 415 g/mol. The van der Waals surface area contributed by atoms with Gasteiger partial charge in [0.15, 0.2) is 0 Å². The highest BCUT2D eigenvalue weighted by molar-refractivity contribution is 6.40. The van der Waals surface area contributed by atoms with Crippen LogP contribution in [0.5, 0.6) is 5.75 Å². The van der Waals surface area contributed by atoms with Crippen LogP contribution < -0.4 is 10.1 Å². The molecule has 0 atom stereocenters. The molecular weight excluding hydrogens is 397 g/mol. The van der Waals surface area contributed by atoms with Crippen LogP contribution in [0.4, 0.5) is 11.4 Å². The molecule has 0 radical (unpaired) electrons. The lowest BCUT2D eigenvalue weighted by Crippen LogP contribution is -2.04. The number of carboxylic acids is 1. The molecular formula is C22H19Cl2NO3. The molecule has 0 aromatic heterocycles. The molecule has 0 spiro atoms. The van der Waals surface area contributed by atoms with E-state index in [4.69, 9.17) is 33.0 Å². The van der Waals surface area contributed by atoms with Crippen molar-refractivity contribution >= 4 is 40.5 Å². The second-order valence-electron chi connectivity index (χ2n) is 6.30. The number of hydrogen-bond acceptors (Lipinski definition) is 3. The van der Waals surface area contributed by atoms with Gasteiger partial charge in [0.2, 0.25) is 0 Å². The molecule has 28 heavy (non-hydrogen) atoms. The number of carboxylic acid groups (broad SMARTS) is 1. The molecule has 0 saturated heterocycles. The van der Waals surface area contributed by atoms with E-state index in [1.165, 1.54) is 0 Å². The van der Waals surface area contributed by atoms with Crippen LogP contribution in [0.25, 0.3) is 0 Å². The standard InChI is InChI=1S/C22H19Cl2NO3/c1-14-6-2-3-8-16(14)13-28-19-11-10-17(23)22(21(19)24)25-18-9-5-4-7-15(18)12-20(26)27/h2-11,25H,12-13H2,1H3,(H,26,27). The largest absolute Gasteiger partial charge is 0.487 e. The first-order chi connectivity index (χ1) is 13.5. The van der Waals surface area contributed by atoms with E-state index in [2.05, 4.69) is 5.32 Å². The van der Waals surface area contributed by atoms with E-state index in [-0.39, 0.29) is 6.42 Å². The van der Waals surface area contributed by atoms with E-state index < -0.39 is 5.97 Å². The Labute approximate surface area is 173 Å². The summed E-state index contributed by atoms with van der Waals surface area (Å²) in [7, 11) is 0. The summed E-state index contributed by atoms with van der Waals surface area (Å²) in [5.41, 5.74) is 3.94. The van der Waals surface area contributed by atoms with Crippen molar-refractivity contribution in [1.29, 1.82) is 0 Å². The van der Waals surface area contributed by atoms with Gasteiger partial charge in [0.25, 0.3) is 0 Å². The van der Waals surface area contributed by atoms with Gasteiger partial charge in [0, 0.05) is 5.69 Å². The van der Waals surface area contributed by atoms with Crippen molar-refractivity contribution in [3.63, 3.8) is 0 Å². The zero-order chi connectivity index (χ0) is 20.1. The minimum atomic E-state index is -0.915. The summed E-state index contributed by atoms with van der Waals surface area (Å²) in [5, 5.41) is 13.0. The van der Waals surface area contributed by atoms with E-state index in [1.54, 1.807) is 30.3 Å². The molecule has 0 unspecified atom stereocenters. The average molecular weight is 416 g/mol. The van der Waals surface area contributed by atoms with Crippen molar-refractivity contribution in [3.05, 3.63) is 87.4 Å². The van der Waals surface area contributed by atoms with Gasteiger partial charge < -0.3 is 15.2 Å².